The van der Waals surface area contributed by atoms with Gasteiger partial charge in [-0.2, -0.15) is 9.29 Å². The minimum Gasteiger partial charge on any atom is -0.494 e. The van der Waals surface area contributed by atoms with Crippen LogP contribution in [0.4, 0.5) is 0 Å². The molecule has 1 atom stereocenters. The van der Waals surface area contributed by atoms with Gasteiger partial charge in [0.1, 0.15) is 5.75 Å². The Hall–Kier alpha value is -2.95. The van der Waals surface area contributed by atoms with E-state index in [4.69, 9.17) is 20.9 Å². The summed E-state index contributed by atoms with van der Waals surface area (Å²) in [5.74, 6) is 0.851. The summed E-state index contributed by atoms with van der Waals surface area (Å²) in [6.45, 7) is 3.12. The molecule has 0 radical (unpaired) electrons. The number of piperidine rings is 1. The van der Waals surface area contributed by atoms with Crippen LogP contribution in [0.5, 0.6) is 5.75 Å². The van der Waals surface area contributed by atoms with Gasteiger partial charge in [0.15, 0.2) is 0 Å². The molecular weight excluding hydrogens is 492 g/mol. The molecule has 3 aromatic rings. The Morgan fingerprint density at radius 2 is 1.91 bits per heavy atom. The van der Waals surface area contributed by atoms with Gasteiger partial charge in [-0.15, -0.1) is 0 Å². The van der Waals surface area contributed by atoms with Gasteiger partial charge in [0.25, 0.3) is 0 Å². The highest BCUT2D eigenvalue weighted by Gasteiger charge is 2.34. The largest absolute Gasteiger partial charge is 0.494 e. The number of hydrogen-bond donors (Lipinski definition) is 0. The zero-order valence-electron chi connectivity index (χ0n) is 19.6. The van der Waals surface area contributed by atoms with Gasteiger partial charge in [-0.25, -0.2) is 8.42 Å². The Bertz CT molecular complexity index is 1260. The van der Waals surface area contributed by atoms with Crippen LogP contribution >= 0.6 is 11.6 Å². The van der Waals surface area contributed by atoms with E-state index < -0.39 is 15.9 Å². The maximum Gasteiger partial charge on any atom is 0.246 e. The monoisotopic (exact) mass is 518 g/mol. The second kappa shape index (κ2) is 10.8. The van der Waals surface area contributed by atoms with Crippen molar-refractivity contribution in [1.82, 2.24) is 19.3 Å². The van der Waals surface area contributed by atoms with Crippen molar-refractivity contribution >= 4 is 27.5 Å². The number of carbonyl (C=O) groups excluding carboxylic acids is 1. The van der Waals surface area contributed by atoms with Gasteiger partial charge in [0.2, 0.25) is 27.6 Å². The molecule has 1 aliphatic rings. The second-order valence-corrected chi connectivity index (χ2v) is 10.7. The number of amides is 1. The second-order valence-electron chi connectivity index (χ2n) is 8.32. The van der Waals surface area contributed by atoms with E-state index in [0.717, 1.165) is 11.3 Å². The van der Waals surface area contributed by atoms with E-state index in [1.54, 1.807) is 19.2 Å². The lowest BCUT2D eigenvalue weighted by molar-refractivity contribution is -0.136. The summed E-state index contributed by atoms with van der Waals surface area (Å²) in [5, 5.41) is 4.47. The van der Waals surface area contributed by atoms with Crippen molar-refractivity contribution in [3.05, 3.63) is 59.4 Å². The summed E-state index contributed by atoms with van der Waals surface area (Å²) >= 11 is 5.89. The van der Waals surface area contributed by atoms with Crippen LogP contribution in [0.3, 0.4) is 0 Å². The van der Waals surface area contributed by atoms with E-state index in [-0.39, 0.29) is 23.9 Å². The molecule has 4 rings (SSSR count). The maximum atomic E-state index is 13.1. The summed E-state index contributed by atoms with van der Waals surface area (Å²) in [4.78, 5) is 19.2. The van der Waals surface area contributed by atoms with Crippen molar-refractivity contribution in [1.29, 1.82) is 0 Å². The first kappa shape index (κ1) is 25.2. The standard InChI is InChI=1S/C24H27ClN4O5S/c1-3-33-20-10-6-17(7-11-20)23-26-22(34-27-23)16-28(2)24(30)18-5-4-14-29(15-18)35(31,32)21-12-8-19(25)9-13-21/h6-13,18H,3-5,14-16H2,1-2H3. The highest BCUT2D eigenvalue weighted by atomic mass is 35.5. The summed E-state index contributed by atoms with van der Waals surface area (Å²) in [6, 6.07) is 13.4. The lowest BCUT2D eigenvalue weighted by atomic mass is 9.98. The number of sulfonamides is 1. The van der Waals surface area contributed by atoms with Crippen LogP contribution in [0.25, 0.3) is 11.4 Å². The first-order chi connectivity index (χ1) is 16.8. The van der Waals surface area contributed by atoms with E-state index in [2.05, 4.69) is 10.1 Å². The van der Waals surface area contributed by atoms with Crippen LogP contribution in [-0.4, -0.2) is 60.4 Å². The fourth-order valence-corrected chi connectivity index (χ4v) is 5.66. The number of halogens is 1. The third-order valence-corrected chi connectivity index (χ3v) is 7.96. The number of aromatic nitrogens is 2. The molecule has 1 aromatic heterocycles. The van der Waals surface area contributed by atoms with Crippen LogP contribution in [0.15, 0.2) is 57.9 Å². The lowest BCUT2D eigenvalue weighted by Gasteiger charge is -2.33. The molecule has 0 saturated carbocycles. The van der Waals surface area contributed by atoms with Crippen molar-refractivity contribution in [3.8, 4) is 17.1 Å². The molecule has 2 heterocycles. The molecule has 11 heteroatoms. The zero-order valence-corrected chi connectivity index (χ0v) is 21.1. The Morgan fingerprint density at radius 3 is 2.60 bits per heavy atom. The van der Waals surface area contributed by atoms with E-state index in [9.17, 15) is 13.2 Å². The van der Waals surface area contributed by atoms with Gasteiger partial charge in [-0.05, 0) is 68.3 Å². The van der Waals surface area contributed by atoms with Crippen molar-refractivity contribution < 1.29 is 22.5 Å². The van der Waals surface area contributed by atoms with Gasteiger partial charge in [-0.3, -0.25) is 4.79 Å². The SMILES string of the molecule is CCOc1ccc(-c2noc(CN(C)C(=O)C3CCCN(S(=O)(=O)c4ccc(Cl)cc4)C3)n2)cc1. The molecule has 1 fully saturated rings. The van der Waals surface area contributed by atoms with E-state index in [0.29, 0.717) is 42.7 Å². The Kier molecular flexibility index (Phi) is 7.73. The molecule has 186 valence electrons. The topological polar surface area (TPSA) is 106 Å². The molecule has 9 nitrogen and oxygen atoms in total. The molecule has 1 unspecified atom stereocenters. The van der Waals surface area contributed by atoms with Gasteiger partial charge in [0.05, 0.1) is 24.0 Å². The quantitative estimate of drug-likeness (QED) is 0.446. The third-order valence-electron chi connectivity index (χ3n) is 5.83. The highest BCUT2D eigenvalue weighted by molar-refractivity contribution is 7.89. The Balaban J connectivity index is 1.39. The molecule has 1 saturated heterocycles. The molecule has 0 spiro atoms. The summed E-state index contributed by atoms with van der Waals surface area (Å²) in [5.41, 5.74) is 0.771. The number of hydrogen-bond acceptors (Lipinski definition) is 7. The van der Waals surface area contributed by atoms with Crippen molar-refractivity contribution in [2.24, 2.45) is 5.92 Å². The smallest absolute Gasteiger partial charge is 0.246 e. The molecule has 1 aliphatic heterocycles. The predicted octanol–water partition coefficient (Wildman–Crippen LogP) is 3.85. The minimum absolute atomic E-state index is 0.120. The molecule has 1 amide bonds. The van der Waals surface area contributed by atoms with Gasteiger partial charge in [0, 0.05) is 30.7 Å². The van der Waals surface area contributed by atoms with Gasteiger partial charge in [-0.1, -0.05) is 16.8 Å². The zero-order chi connectivity index (χ0) is 25.0. The average Bonchev–Trinajstić information content (AvgIpc) is 3.33. The number of nitrogens with zero attached hydrogens (tertiary/aromatic N) is 4. The normalized spacial score (nSPS) is 16.7. The van der Waals surface area contributed by atoms with Gasteiger partial charge < -0.3 is 14.2 Å². The molecule has 2 aromatic carbocycles. The Morgan fingerprint density at radius 1 is 1.20 bits per heavy atom. The number of benzene rings is 2. The highest BCUT2D eigenvalue weighted by Crippen LogP contribution is 2.26. The minimum atomic E-state index is -3.71. The van der Waals surface area contributed by atoms with E-state index in [1.807, 2.05) is 31.2 Å². The molecule has 0 aliphatic carbocycles. The number of rotatable bonds is 8. The van der Waals surface area contributed by atoms with Crippen molar-refractivity contribution in [3.63, 3.8) is 0 Å². The number of carbonyl (C=O) groups is 1. The predicted molar refractivity (Wildman–Crippen MR) is 130 cm³/mol. The van der Waals surface area contributed by atoms with Crippen molar-refractivity contribution in [2.75, 3.05) is 26.7 Å². The average molecular weight is 519 g/mol. The number of ether oxygens (including phenoxy) is 1. The maximum absolute atomic E-state index is 13.1. The first-order valence-electron chi connectivity index (χ1n) is 11.3. The fourth-order valence-electron chi connectivity index (χ4n) is 4.01. The molecule has 0 N–H and O–H groups in total. The van der Waals surface area contributed by atoms with Crippen molar-refractivity contribution in [2.45, 2.75) is 31.2 Å². The van der Waals surface area contributed by atoms with E-state index >= 15 is 0 Å². The lowest BCUT2D eigenvalue weighted by Crippen LogP contribution is -2.45. The van der Waals surface area contributed by atoms with E-state index in [1.165, 1.54) is 21.3 Å². The molecular formula is C24H27ClN4O5S. The summed E-state index contributed by atoms with van der Waals surface area (Å²) < 4.78 is 38.2. The van der Waals surface area contributed by atoms with Crippen LogP contribution in [-0.2, 0) is 21.4 Å². The van der Waals surface area contributed by atoms with Crippen LogP contribution in [0, 0.1) is 5.92 Å². The molecule has 35 heavy (non-hydrogen) atoms. The van der Waals surface area contributed by atoms with Crippen LogP contribution in [0.2, 0.25) is 5.02 Å². The Labute approximate surface area is 209 Å². The summed E-state index contributed by atoms with van der Waals surface area (Å²) in [6.07, 6.45) is 1.20. The van der Waals surface area contributed by atoms with Crippen LogP contribution < -0.4 is 4.74 Å². The van der Waals surface area contributed by atoms with Crippen LogP contribution in [0.1, 0.15) is 25.7 Å². The first-order valence-corrected chi connectivity index (χ1v) is 13.2. The fraction of sp³-hybridized carbons (Fsp3) is 0.375. The van der Waals surface area contributed by atoms with Gasteiger partial charge >= 0.3 is 0 Å². The molecule has 0 bridgehead atoms. The summed E-state index contributed by atoms with van der Waals surface area (Å²) in [7, 11) is -2.06. The third kappa shape index (κ3) is 5.83.